The van der Waals surface area contributed by atoms with E-state index < -0.39 is 0 Å². The molecule has 1 fully saturated rings. The summed E-state index contributed by atoms with van der Waals surface area (Å²) in [6.45, 7) is 2.59. The Morgan fingerprint density at radius 1 is 1.67 bits per heavy atom. The van der Waals surface area contributed by atoms with Gasteiger partial charge in [-0.25, -0.2) is 4.98 Å². The standard InChI is InChI=1S/C13H20N4O/c1-15-13(18)11-5-3-7-17(9-11)8-10-4-2-6-16-12(10)14/h2,4,6,11H,3,5,7-9H2,1H3,(H2,14,16)(H,15,18). The maximum atomic E-state index is 11.7. The Kier molecular flexibility index (Phi) is 4.15. The van der Waals surface area contributed by atoms with Crippen LogP contribution >= 0.6 is 0 Å². The average Bonchev–Trinajstić information content (AvgIpc) is 2.41. The van der Waals surface area contributed by atoms with Crippen LogP contribution in [0.3, 0.4) is 0 Å². The molecule has 0 radical (unpaired) electrons. The van der Waals surface area contributed by atoms with Crippen molar-refractivity contribution in [1.29, 1.82) is 0 Å². The minimum absolute atomic E-state index is 0.0987. The lowest BCUT2D eigenvalue weighted by atomic mass is 9.97. The summed E-state index contributed by atoms with van der Waals surface area (Å²) in [7, 11) is 1.69. The van der Waals surface area contributed by atoms with Gasteiger partial charge < -0.3 is 11.1 Å². The molecule has 1 aliphatic rings. The second kappa shape index (κ2) is 5.82. The Morgan fingerprint density at radius 3 is 3.22 bits per heavy atom. The fourth-order valence-corrected chi connectivity index (χ4v) is 2.44. The Balaban J connectivity index is 1.98. The fraction of sp³-hybridized carbons (Fsp3) is 0.538. The molecule has 5 nitrogen and oxygen atoms in total. The number of nitrogens with zero attached hydrogens (tertiary/aromatic N) is 2. The molecule has 0 saturated carbocycles. The first-order valence-corrected chi connectivity index (χ1v) is 6.34. The van der Waals surface area contributed by atoms with Crippen molar-refractivity contribution in [3.63, 3.8) is 0 Å². The second-order valence-electron chi connectivity index (χ2n) is 4.74. The van der Waals surface area contributed by atoms with E-state index in [4.69, 9.17) is 5.73 Å². The van der Waals surface area contributed by atoms with Crippen LogP contribution in [-0.2, 0) is 11.3 Å². The first-order chi connectivity index (χ1) is 8.70. The van der Waals surface area contributed by atoms with Crippen molar-refractivity contribution in [1.82, 2.24) is 15.2 Å². The highest BCUT2D eigenvalue weighted by Gasteiger charge is 2.25. The van der Waals surface area contributed by atoms with Gasteiger partial charge in [-0.15, -0.1) is 0 Å². The third-order valence-corrected chi connectivity index (χ3v) is 3.44. The molecular formula is C13H20N4O. The molecule has 0 aliphatic carbocycles. The summed E-state index contributed by atoms with van der Waals surface area (Å²) in [6, 6.07) is 3.89. The average molecular weight is 248 g/mol. The number of amides is 1. The number of aromatic nitrogens is 1. The Hall–Kier alpha value is -1.62. The summed E-state index contributed by atoms with van der Waals surface area (Å²) in [6.07, 6.45) is 3.72. The van der Waals surface area contributed by atoms with Gasteiger partial charge in [0.05, 0.1) is 5.92 Å². The van der Waals surface area contributed by atoms with Crippen molar-refractivity contribution in [2.24, 2.45) is 5.92 Å². The number of hydrogen-bond donors (Lipinski definition) is 2. The molecule has 98 valence electrons. The number of nitrogen functional groups attached to an aromatic ring is 1. The van der Waals surface area contributed by atoms with Crippen LogP contribution in [0, 0.1) is 5.92 Å². The van der Waals surface area contributed by atoms with Crippen LogP contribution in [0.5, 0.6) is 0 Å². The Labute approximate surface area is 107 Å². The normalized spacial score (nSPS) is 20.6. The second-order valence-corrected chi connectivity index (χ2v) is 4.74. The zero-order valence-corrected chi connectivity index (χ0v) is 10.7. The number of nitrogens with one attached hydrogen (secondary N) is 1. The maximum Gasteiger partial charge on any atom is 0.224 e. The zero-order chi connectivity index (χ0) is 13.0. The van der Waals surface area contributed by atoms with Crippen LogP contribution < -0.4 is 11.1 Å². The monoisotopic (exact) mass is 248 g/mol. The summed E-state index contributed by atoms with van der Waals surface area (Å²) in [5, 5.41) is 2.73. The van der Waals surface area contributed by atoms with Gasteiger partial charge in [0.25, 0.3) is 0 Å². The van der Waals surface area contributed by atoms with Gasteiger partial charge in [0.15, 0.2) is 0 Å². The van der Waals surface area contributed by atoms with Crippen LogP contribution in [-0.4, -0.2) is 35.9 Å². The van der Waals surface area contributed by atoms with Crippen molar-refractivity contribution in [2.45, 2.75) is 19.4 Å². The minimum Gasteiger partial charge on any atom is -0.383 e. The number of carbonyl (C=O) groups is 1. The van der Waals surface area contributed by atoms with E-state index >= 15 is 0 Å². The van der Waals surface area contributed by atoms with E-state index in [1.54, 1.807) is 13.2 Å². The van der Waals surface area contributed by atoms with Crippen molar-refractivity contribution < 1.29 is 4.79 Å². The van der Waals surface area contributed by atoms with Gasteiger partial charge in [0, 0.05) is 31.9 Å². The summed E-state index contributed by atoms with van der Waals surface area (Å²) in [5.74, 6) is 0.820. The molecule has 2 rings (SSSR count). The van der Waals surface area contributed by atoms with E-state index in [0.717, 1.165) is 38.0 Å². The number of hydrogen-bond acceptors (Lipinski definition) is 4. The Morgan fingerprint density at radius 2 is 2.50 bits per heavy atom. The molecule has 0 bridgehead atoms. The smallest absolute Gasteiger partial charge is 0.224 e. The van der Waals surface area contributed by atoms with Gasteiger partial charge in [0.2, 0.25) is 5.91 Å². The molecule has 1 saturated heterocycles. The molecule has 1 atom stereocenters. The van der Waals surface area contributed by atoms with E-state index in [0.29, 0.717) is 5.82 Å². The van der Waals surface area contributed by atoms with Crippen LogP contribution in [0.4, 0.5) is 5.82 Å². The van der Waals surface area contributed by atoms with Gasteiger partial charge in [-0.1, -0.05) is 6.07 Å². The molecule has 1 aromatic heterocycles. The topological polar surface area (TPSA) is 71.2 Å². The minimum atomic E-state index is 0.0987. The van der Waals surface area contributed by atoms with E-state index in [9.17, 15) is 4.79 Å². The number of pyridine rings is 1. The Bertz CT molecular complexity index is 421. The summed E-state index contributed by atoms with van der Waals surface area (Å²) < 4.78 is 0. The van der Waals surface area contributed by atoms with Crippen LogP contribution in [0.15, 0.2) is 18.3 Å². The van der Waals surface area contributed by atoms with Gasteiger partial charge in [0.1, 0.15) is 5.82 Å². The molecule has 0 aromatic carbocycles. The quantitative estimate of drug-likeness (QED) is 0.822. The van der Waals surface area contributed by atoms with Crippen LogP contribution in [0.25, 0.3) is 0 Å². The zero-order valence-electron chi connectivity index (χ0n) is 10.7. The van der Waals surface area contributed by atoms with E-state index in [-0.39, 0.29) is 11.8 Å². The predicted molar refractivity (Wildman–Crippen MR) is 70.7 cm³/mol. The molecule has 2 heterocycles. The summed E-state index contributed by atoms with van der Waals surface area (Å²) >= 11 is 0. The van der Waals surface area contributed by atoms with Crippen molar-refractivity contribution in [2.75, 3.05) is 25.9 Å². The van der Waals surface area contributed by atoms with Gasteiger partial charge in [-0.2, -0.15) is 0 Å². The molecule has 1 aliphatic heterocycles. The SMILES string of the molecule is CNC(=O)C1CCCN(Cc2cccnc2N)C1. The van der Waals surface area contributed by atoms with Crippen LogP contribution in [0.2, 0.25) is 0 Å². The third kappa shape index (κ3) is 2.98. The maximum absolute atomic E-state index is 11.7. The number of carbonyl (C=O) groups excluding carboxylic acids is 1. The molecule has 18 heavy (non-hydrogen) atoms. The number of nitrogens with two attached hydrogens (primary N) is 1. The number of piperidine rings is 1. The lowest BCUT2D eigenvalue weighted by Gasteiger charge is -2.31. The predicted octanol–water partition coefficient (Wildman–Crippen LogP) is 0.622. The van der Waals surface area contributed by atoms with Gasteiger partial charge >= 0.3 is 0 Å². The first kappa shape index (κ1) is 12.8. The van der Waals surface area contributed by atoms with E-state index in [1.807, 2.05) is 12.1 Å². The van der Waals surface area contributed by atoms with E-state index in [1.165, 1.54) is 0 Å². The molecule has 5 heteroatoms. The van der Waals surface area contributed by atoms with Crippen molar-refractivity contribution >= 4 is 11.7 Å². The molecule has 0 spiro atoms. The molecule has 1 amide bonds. The van der Waals surface area contributed by atoms with Gasteiger partial charge in [-0.05, 0) is 25.5 Å². The highest BCUT2D eigenvalue weighted by atomic mass is 16.1. The summed E-state index contributed by atoms with van der Waals surface area (Å²) in [5.41, 5.74) is 6.88. The van der Waals surface area contributed by atoms with E-state index in [2.05, 4.69) is 15.2 Å². The highest BCUT2D eigenvalue weighted by Crippen LogP contribution is 2.20. The molecular weight excluding hydrogens is 228 g/mol. The number of rotatable bonds is 3. The van der Waals surface area contributed by atoms with Crippen molar-refractivity contribution in [3.8, 4) is 0 Å². The summed E-state index contributed by atoms with van der Waals surface area (Å²) in [4.78, 5) is 18.0. The number of anilines is 1. The molecule has 1 aromatic rings. The number of likely N-dealkylation sites (tertiary alicyclic amines) is 1. The largest absolute Gasteiger partial charge is 0.383 e. The molecule has 3 N–H and O–H groups in total. The first-order valence-electron chi connectivity index (χ1n) is 6.34. The highest BCUT2D eigenvalue weighted by molar-refractivity contribution is 5.78. The third-order valence-electron chi connectivity index (χ3n) is 3.44. The van der Waals surface area contributed by atoms with Crippen molar-refractivity contribution in [3.05, 3.63) is 23.9 Å². The van der Waals surface area contributed by atoms with Gasteiger partial charge in [-0.3, -0.25) is 9.69 Å². The van der Waals surface area contributed by atoms with Crippen LogP contribution in [0.1, 0.15) is 18.4 Å². The lowest BCUT2D eigenvalue weighted by molar-refractivity contribution is -0.126. The fourth-order valence-electron chi connectivity index (χ4n) is 2.44. The lowest BCUT2D eigenvalue weighted by Crippen LogP contribution is -2.41. The molecule has 1 unspecified atom stereocenters.